The van der Waals surface area contributed by atoms with Crippen molar-refractivity contribution in [2.75, 3.05) is 12.4 Å². The van der Waals surface area contributed by atoms with Gasteiger partial charge in [-0.15, -0.1) is 0 Å². The molecule has 0 saturated heterocycles. The smallest absolute Gasteiger partial charge is 0.306 e. The third-order valence-electron chi connectivity index (χ3n) is 2.64. The van der Waals surface area contributed by atoms with E-state index in [2.05, 4.69) is 9.46 Å². The van der Waals surface area contributed by atoms with Gasteiger partial charge in [-0.2, -0.15) is 0 Å². The number of hydrogen-bond acceptors (Lipinski definition) is 5. The molecule has 0 aliphatic heterocycles. The molecule has 20 heavy (non-hydrogen) atoms. The van der Waals surface area contributed by atoms with E-state index in [1.165, 1.54) is 0 Å². The van der Waals surface area contributed by atoms with Gasteiger partial charge in [0.15, 0.2) is 0 Å². The number of nitrogens with one attached hydrogen (secondary N) is 1. The van der Waals surface area contributed by atoms with Crippen LogP contribution in [0.2, 0.25) is 0 Å². The lowest BCUT2D eigenvalue weighted by molar-refractivity contribution is -0.142. The van der Waals surface area contributed by atoms with Crippen LogP contribution in [-0.2, 0) is 32.6 Å². The van der Waals surface area contributed by atoms with Gasteiger partial charge in [0.2, 0.25) is 10.0 Å². The molecule has 0 heterocycles. The Morgan fingerprint density at radius 1 is 1.25 bits per heavy atom. The van der Waals surface area contributed by atoms with Gasteiger partial charge in [0.1, 0.15) is 0 Å². The molecule has 0 aliphatic carbocycles. The summed E-state index contributed by atoms with van der Waals surface area (Å²) in [5, 5.41) is 0. The molecule has 0 bridgehead atoms. The first-order valence-corrected chi connectivity index (χ1v) is 8.03. The van der Waals surface area contributed by atoms with Gasteiger partial charge >= 0.3 is 5.97 Å². The van der Waals surface area contributed by atoms with Crippen LogP contribution < -0.4 is 10.5 Å². The molecule has 0 saturated carbocycles. The van der Waals surface area contributed by atoms with E-state index in [4.69, 9.17) is 5.73 Å². The highest BCUT2D eigenvalue weighted by Gasteiger charge is 2.13. The summed E-state index contributed by atoms with van der Waals surface area (Å²) in [4.78, 5) is 11.1. The standard InChI is InChI=1S/C13H20N2O4S/c1-2-19-13(16)7-8-20(17,18)15-10-12-5-3-11(9-14)4-6-12/h3-6,15H,2,7-10,14H2,1H3. The van der Waals surface area contributed by atoms with Gasteiger partial charge in [-0.25, -0.2) is 13.1 Å². The number of rotatable bonds is 8. The summed E-state index contributed by atoms with van der Waals surface area (Å²) < 4.78 is 30.5. The molecular weight excluding hydrogens is 280 g/mol. The van der Waals surface area contributed by atoms with Gasteiger partial charge < -0.3 is 10.5 Å². The molecule has 3 N–H and O–H groups in total. The van der Waals surface area contributed by atoms with Crippen LogP contribution in [0.3, 0.4) is 0 Å². The van der Waals surface area contributed by atoms with E-state index in [-0.39, 0.29) is 25.3 Å². The third kappa shape index (κ3) is 6.14. The molecule has 7 heteroatoms. The Labute approximate surface area is 119 Å². The van der Waals surface area contributed by atoms with Crippen molar-refractivity contribution < 1.29 is 17.9 Å². The first-order chi connectivity index (χ1) is 9.46. The summed E-state index contributed by atoms with van der Waals surface area (Å²) in [6, 6.07) is 7.33. The largest absolute Gasteiger partial charge is 0.466 e. The number of sulfonamides is 1. The third-order valence-corrected chi connectivity index (χ3v) is 3.96. The Morgan fingerprint density at radius 3 is 2.40 bits per heavy atom. The average molecular weight is 300 g/mol. The van der Waals surface area contributed by atoms with E-state index in [1.807, 2.05) is 24.3 Å². The van der Waals surface area contributed by atoms with E-state index in [9.17, 15) is 13.2 Å². The van der Waals surface area contributed by atoms with E-state index in [0.29, 0.717) is 6.54 Å². The summed E-state index contributed by atoms with van der Waals surface area (Å²) in [5.41, 5.74) is 7.30. The Morgan fingerprint density at radius 2 is 1.85 bits per heavy atom. The number of ether oxygens (including phenoxy) is 1. The molecule has 112 valence electrons. The molecule has 1 aromatic rings. The highest BCUT2D eigenvalue weighted by atomic mass is 32.2. The average Bonchev–Trinajstić information content (AvgIpc) is 2.44. The number of benzene rings is 1. The van der Waals surface area contributed by atoms with Crippen molar-refractivity contribution in [3.8, 4) is 0 Å². The minimum Gasteiger partial charge on any atom is -0.466 e. The van der Waals surface area contributed by atoms with Crippen LogP contribution in [0.4, 0.5) is 0 Å². The summed E-state index contributed by atoms with van der Waals surface area (Å²) in [6.07, 6.45) is -0.144. The van der Waals surface area contributed by atoms with Crippen LogP contribution in [0.15, 0.2) is 24.3 Å². The van der Waals surface area contributed by atoms with Crippen LogP contribution in [0, 0.1) is 0 Å². The van der Waals surface area contributed by atoms with Crippen LogP contribution in [0.5, 0.6) is 0 Å². The van der Waals surface area contributed by atoms with Crippen molar-refractivity contribution in [3.63, 3.8) is 0 Å². The van der Waals surface area contributed by atoms with Crippen molar-refractivity contribution in [1.82, 2.24) is 4.72 Å². The predicted molar refractivity (Wildman–Crippen MR) is 76.2 cm³/mol. The van der Waals surface area contributed by atoms with Gasteiger partial charge in [0.05, 0.1) is 18.8 Å². The lowest BCUT2D eigenvalue weighted by Gasteiger charge is -2.07. The fourth-order valence-electron chi connectivity index (χ4n) is 1.51. The molecule has 6 nitrogen and oxygen atoms in total. The van der Waals surface area contributed by atoms with Gasteiger partial charge in [0, 0.05) is 13.1 Å². The molecule has 0 spiro atoms. The normalized spacial score (nSPS) is 11.3. The second-order valence-corrected chi connectivity index (χ2v) is 6.14. The first-order valence-electron chi connectivity index (χ1n) is 6.37. The van der Waals surface area contributed by atoms with Gasteiger partial charge in [-0.1, -0.05) is 24.3 Å². The monoisotopic (exact) mass is 300 g/mol. The lowest BCUT2D eigenvalue weighted by Crippen LogP contribution is -2.27. The number of esters is 1. The van der Waals surface area contributed by atoms with Crippen LogP contribution >= 0.6 is 0 Å². The van der Waals surface area contributed by atoms with Crippen molar-refractivity contribution >= 4 is 16.0 Å². The van der Waals surface area contributed by atoms with Gasteiger partial charge in [-0.3, -0.25) is 4.79 Å². The quantitative estimate of drug-likeness (QED) is 0.682. The maximum absolute atomic E-state index is 11.7. The second-order valence-electron chi connectivity index (χ2n) is 4.22. The summed E-state index contributed by atoms with van der Waals surface area (Å²) >= 11 is 0. The molecular formula is C13H20N2O4S. The zero-order chi connectivity index (χ0) is 15.0. The van der Waals surface area contributed by atoms with Crippen molar-refractivity contribution in [1.29, 1.82) is 0 Å². The van der Waals surface area contributed by atoms with Gasteiger partial charge in [0.25, 0.3) is 0 Å². The Hall–Kier alpha value is -1.44. The molecule has 0 aromatic heterocycles. The highest BCUT2D eigenvalue weighted by molar-refractivity contribution is 7.89. The van der Waals surface area contributed by atoms with Crippen molar-refractivity contribution in [2.24, 2.45) is 5.73 Å². The second kappa shape index (κ2) is 7.98. The first kappa shape index (κ1) is 16.6. The molecule has 0 radical (unpaired) electrons. The van der Waals surface area contributed by atoms with E-state index in [1.54, 1.807) is 6.92 Å². The lowest BCUT2D eigenvalue weighted by atomic mass is 10.1. The summed E-state index contributed by atoms with van der Waals surface area (Å²) in [6.45, 7) is 2.57. The maximum Gasteiger partial charge on any atom is 0.306 e. The van der Waals surface area contributed by atoms with Crippen LogP contribution in [-0.4, -0.2) is 26.7 Å². The number of nitrogens with two attached hydrogens (primary N) is 1. The summed E-state index contributed by atoms with van der Waals surface area (Å²) in [5.74, 6) is -0.780. The van der Waals surface area contributed by atoms with Crippen molar-refractivity contribution in [2.45, 2.75) is 26.4 Å². The minimum absolute atomic E-state index is 0.144. The zero-order valence-corrected chi connectivity index (χ0v) is 12.3. The molecule has 0 atom stereocenters. The Balaban J connectivity index is 2.44. The van der Waals surface area contributed by atoms with Crippen LogP contribution in [0.1, 0.15) is 24.5 Å². The Bertz CT molecular complexity index is 526. The molecule has 0 unspecified atom stereocenters. The fraction of sp³-hybridized carbons (Fsp3) is 0.462. The van der Waals surface area contributed by atoms with E-state index < -0.39 is 16.0 Å². The zero-order valence-electron chi connectivity index (χ0n) is 11.5. The number of hydrogen-bond donors (Lipinski definition) is 2. The predicted octanol–water partition coefficient (Wildman–Crippen LogP) is 0.518. The SMILES string of the molecule is CCOC(=O)CCS(=O)(=O)NCc1ccc(CN)cc1. The van der Waals surface area contributed by atoms with Gasteiger partial charge in [-0.05, 0) is 18.1 Å². The molecule has 1 rings (SSSR count). The molecule has 0 aliphatic rings. The molecule has 0 fully saturated rings. The fourth-order valence-corrected chi connectivity index (χ4v) is 2.48. The summed E-state index contributed by atoms with van der Waals surface area (Å²) in [7, 11) is -3.48. The Kier molecular flexibility index (Phi) is 6.63. The molecule has 1 aromatic carbocycles. The maximum atomic E-state index is 11.7. The highest BCUT2D eigenvalue weighted by Crippen LogP contribution is 2.04. The number of carbonyl (C=O) groups is 1. The number of carbonyl (C=O) groups excluding carboxylic acids is 1. The topological polar surface area (TPSA) is 98.5 Å². The van der Waals surface area contributed by atoms with Crippen molar-refractivity contribution in [3.05, 3.63) is 35.4 Å². The van der Waals surface area contributed by atoms with Crippen LogP contribution in [0.25, 0.3) is 0 Å². The van der Waals surface area contributed by atoms with E-state index in [0.717, 1.165) is 11.1 Å². The minimum atomic E-state index is -3.48. The molecule has 0 amide bonds. The van der Waals surface area contributed by atoms with E-state index >= 15 is 0 Å².